The van der Waals surface area contributed by atoms with Crippen LogP contribution in [0.25, 0.3) is 0 Å². The molecule has 0 radical (unpaired) electrons. The van der Waals surface area contributed by atoms with Crippen LogP contribution >= 0.6 is 0 Å². The van der Waals surface area contributed by atoms with Crippen molar-refractivity contribution in [2.45, 2.75) is 30.3 Å². The van der Waals surface area contributed by atoms with Gasteiger partial charge in [0.05, 0.1) is 12.2 Å². The molecule has 0 saturated carbocycles. The molecule has 1 saturated heterocycles. The Hall–Kier alpha value is -2.11. The molecule has 1 aromatic carbocycles. The Labute approximate surface area is 129 Å². The van der Waals surface area contributed by atoms with E-state index in [1.54, 1.807) is 6.07 Å². The van der Waals surface area contributed by atoms with Crippen LogP contribution < -0.4 is 0 Å². The number of rotatable bonds is 4. The molecule has 23 heavy (non-hydrogen) atoms. The number of benzene rings is 1. The third-order valence-electron chi connectivity index (χ3n) is 3.43. The van der Waals surface area contributed by atoms with Crippen molar-refractivity contribution in [1.29, 1.82) is 0 Å². The summed E-state index contributed by atoms with van der Waals surface area (Å²) >= 11 is 0. The highest BCUT2D eigenvalue weighted by atomic mass is 16.8. The Morgan fingerprint density at radius 2 is 1.87 bits per heavy atom. The highest BCUT2D eigenvalue weighted by Crippen LogP contribution is 2.32. The van der Waals surface area contributed by atoms with Gasteiger partial charge in [-0.2, -0.15) is 0 Å². The van der Waals surface area contributed by atoms with E-state index in [1.807, 2.05) is 0 Å². The zero-order valence-corrected chi connectivity index (χ0v) is 11.7. The van der Waals surface area contributed by atoms with Crippen molar-refractivity contribution in [2.24, 2.45) is 0 Å². The van der Waals surface area contributed by atoms with Crippen molar-refractivity contribution in [3.8, 4) is 0 Å². The van der Waals surface area contributed by atoms with E-state index < -0.39 is 47.8 Å². The van der Waals surface area contributed by atoms with Gasteiger partial charge in [-0.15, -0.1) is 0 Å². The second kappa shape index (κ2) is 6.56. The second-order valence-corrected chi connectivity index (χ2v) is 4.91. The van der Waals surface area contributed by atoms with E-state index in [0.29, 0.717) is 0 Å². The SMILES string of the molecule is O=C(OC1([N+](=O)[O-])O[C@H](CO)[C@@H](O)[C@H](O)[C@H]1O)c1ccccc1. The Bertz CT molecular complexity index is 578. The molecule has 1 aromatic rings. The van der Waals surface area contributed by atoms with Gasteiger partial charge in [0.25, 0.3) is 0 Å². The van der Waals surface area contributed by atoms with Crippen LogP contribution in [-0.4, -0.2) is 68.3 Å². The average molecular weight is 329 g/mol. The fraction of sp³-hybridized carbons (Fsp3) is 0.462. The van der Waals surface area contributed by atoms with Gasteiger partial charge in [-0.1, -0.05) is 18.2 Å². The van der Waals surface area contributed by atoms with E-state index in [9.17, 15) is 30.2 Å². The maximum atomic E-state index is 12.0. The molecule has 1 unspecified atom stereocenters. The minimum Gasteiger partial charge on any atom is -0.394 e. The lowest BCUT2D eigenvalue weighted by molar-refractivity contribution is -0.710. The number of hydrogen-bond acceptors (Lipinski definition) is 9. The third kappa shape index (κ3) is 3.02. The molecule has 0 amide bonds. The van der Waals surface area contributed by atoms with Crippen LogP contribution in [0, 0.1) is 10.1 Å². The van der Waals surface area contributed by atoms with Crippen LogP contribution in [0.4, 0.5) is 0 Å². The van der Waals surface area contributed by atoms with Gasteiger partial charge in [-0.3, -0.25) is 14.9 Å². The first-order chi connectivity index (χ1) is 10.8. The lowest BCUT2D eigenvalue weighted by atomic mass is 9.96. The number of carbonyl (C=O) groups is 1. The largest absolute Gasteiger partial charge is 0.515 e. The van der Waals surface area contributed by atoms with Crippen molar-refractivity contribution in [2.75, 3.05) is 6.61 Å². The molecule has 4 N–H and O–H groups in total. The summed E-state index contributed by atoms with van der Waals surface area (Å²) in [5, 5.41) is 49.7. The topological polar surface area (TPSA) is 160 Å². The molecule has 0 spiro atoms. The molecule has 5 atom stereocenters. The van der Waals surface area contributed by atoms with Crippen molar-refractivity contribution in [3.05, 3.63) is 46.0 Å². The standard InChI is InChI=1S/C13H15NO9/c15-6-8-9(16)10(17)11(18)13(22-8,14(20)21)23-12(19)7-4-2-1-3-5-7/h1-5,8-11,15-18H,6H2/t8-,9-,10+,11-,13?/m1/s1. The summed E-state index contributed by atoms with van der Waals surface area (Å²) in [6.45, 7) is -0.899. The monoisotopic (exact) mass is 329 g/mol. The minimum atomic E-state index is -3.15. The van der Waals surface area contributed by atoms with E-state index in [0.717, 1.165) is 0 Å². The van der Waals surface area contributed by atoms with Gasteiger partial charge < -0.3 is 25.2 Å². The summed E-state index contributed by atoms with van der Waals surface area (Å²) in [6.07, 6.45) is -7.83. The Balaban J connectivity index is 2.35. The summed E-state index contributed by atoms with van der Waals surface area (Å²) in [7, 11) is 0. The molecular weight excluding hydrogens is 314 g/mol. The average Bonchev–Trinajstić information content (AvgIpc) is 2.56. The van der Waals surface area contributed by atoms with Crippen LogP contribution in [-0.2, 0) is 9.47 Å². The first kappa shape index (κ1) is 17.2. The van der Waals surface area contributed by atoms with Crippen LogP contribution in [0.15, 0.2) is 30.3 Å². The number of esters is 1. The fourth-order valence-corrected chi connectivity index (χ4v) is 2.16. The molecule has 10 heteroatoms. The molecule has 1 heterocycles. The van der Waals surface area contributed by atoms with Gasteiger partial charge >= 0.3 is 11.9 Å². The number of nitrogens with zero attached hydrogens (tertiary/aromatic N) is 1. The molecule has 10 nitrogen and oxygen atoms in total. The molecule has 1 fully saturated rings. The Morgan fingerprint density at radius 1 is 1.26 bits per heavy atom. The summed E-state index contributed by atoms with van der Waals surface area (Å²) in [5.74, 6) is -4.33. The number of aliphatic hydroxyl groups is 4. The smallest absolute Gasteiger partial charge is 0.394 e. The van der Waals surface area contributed by atoms with Crippen molar-refractivity contribution in [1.82, 2.24) is 0 Å². The highest BCUT2D eigenvalue weighted by Gasteiger charge is 2.66. The summed E-state index contributed by atoms with van der Waals surface area (Å²) in [6, 6.07) is 7.22. The predicted molar refractivity (Wildman–Crippen MR) is 71.6 cm³/mol. The quantitative estimate of drug-likeness (QED) is 0.217. The van der Waals surface area contributed by atoms with E-state index in [4.69, 9.17) is 14.6 Å². The normalized spacial score (nSPS) is 33.9. The zero-order valence-electron chi connectivity index (χ0n) is 11.7. The van der Waals surface area contributed by atoms with E-state index in [-0.39, 0.29) is 5.56 Å². The Kier molecular flexibility index (Phi) is 4.92. The van der Waals surface area contributed by atoms with Gasteiger partial charge in [0.1, 0.15) is 23.2 Å². The molecule has 0 aromatic heterocycles. The molecular formula is C13H15NO9. The van der Waals surface area contributed by atoms with E-state index >= 15 is 0 Å². The van der Waals surface area contributed by atoms with Crippen LogP contribution in [0.5, 0.6) is 0 Å². The molecule has 1 aliphatic heterocycles. The van der Waals surface area contributed by atoms with Crippen molar-refractivity contribution >= 4 is 5.97 Å². The van der Waals surface area contributed by atoms with Gasteiger partial charge in [0, 0.05) is 0 Å². The molecule has 0 aliphatic carbocycles. The lowest BCUT2D eigenvalue weighted by Crippen LogP contribution is -2.69. The lowest BCUT2D eigenvalue weighted by Gasteiger charge is -2.40. The van der Waals surface area contributed by atoms with Gasteiger partial charge in [0.15, 0.2) is 0 Å². The zero-order chi connectivity index (χ0) is 17.2. The maximum Gasteiger partial charge on any atom is 0.515 e. The molecule has 126 valence electrons. The first-order valence-corrected chi connectivity index (χ1v) is 6.59. The van der Waals surface area contributed by atoms with E-state index in [1.165, 1.54) is 24.3 Å². The molecule has 0 bridgehead atoms. The van der Waals surface area contributed by atoms with E-state index in [2.05, 4.69) is 0 Å². The van der Waals surface area contributed by atoms with Gasteiger partial charge in [-0.05, 0) is 12.1 Å². The minimum absolute atomic E-state index is 0.0503. The van der Waals surface area contributed by atoms with Gasteiger partial charge in [0.2, 0.25) is 6.10 Å². The van der Waals surface area contributed by atoms with Crippen molar-refractivity contribution in [3.63, 3.8) is 0 Å². The number of hydrogen-bond donors (Lipinski definition) is 4. The van der Waals surface area contributed by atoms with Gasteiger partial charge in [-0.25, -0.2) is 4.79 Å². The van der Waals surface area contributed by atoms with Crippen LogP contribution in [0.1, 0.15) is 10.4 Å². The second-order valence-electron chi connectivity index (χ2n) is 4.91. The highest BCUT2D eigenvalue weighted by molar-refractivity contribution is 5.89. The maximum absolute atomic E-state index is 12.0. The predicted octanol–water partition coefficient (Wildman–Crippen LogP) is -1.75. The summed E-state index contributed by atoms with van der Waals surface area (Å²) in [4.78, 5) is 22.1. The third-order valence-corrected chi connectivity index (χ3v) is 3.43. The summed E-state index contributed by atoms with van der Waals surface area (Å²) < 4.78 is 9.52. The first-order valence-electron chi connectivity index (χ1n) is 6.59. The molecule has 2 rings (SSSR count). The number of aliphatic hydroxyl groups excluding tert-OH is 4. The Morgan fingerprint density at radius 3 is 2.39 bits per heavy atom. The number of carbonyl (C=O) groups excluding carboxylic acids is 1. The number of ether oxygens (including phenoxy) is 2. The fourth-order valence-electron chi connectivity index (χ4n) is 2.16. The van der Waals surface area contributed by atoms with Crippen molar-refractivity contribution < 1.29 is 39.6 Å². The molecule has 1 aliphatic rings. The van der Waals surface area contributed by atoms with Crippen LogP contribution in [0.3, 0.4) is 0 Å². The van der Waals surface area contributed by atoms with Crippen LogP contribution in [0.2, 0.25) is 0 Å². The summed E-state index contributed by atoms with van der Waals surface area (Å²) in [5.41, 5.74) is -0.0503. The number of nitro groups is 1.